The molecule has 3 aromatic rings. The fourth-order valence-electron chi connectivity index (χ4n) is 2.82. The number of nitrogens with one attached hydrogen (secondary N) is 1. The molecule has 0 bridgehead atoms. The number of hydrazone groups is 1. The number of nitrogens with zero attached hydrogens (tertiary/aromatic N) is 2. The van der Waals surface area contributed by atoms with Crippen LogP contribution in [0.5, 0.6) is 0 Å². The van der Waals surface area contributed by atoms with Gasteiger partial charge in [0.25, 0.3) is 0 Å². The number of rotatable bonds is 6. The Morgan fingerprint density at radius 1 is 1.14 bits per heavy atom. The molecular formula is C21H19Cl2N3OS. The van der Waals surface area contributed by atoms with Crippen molar-refractivity contribution in [1.82, 2.24) is 9.99 Å². The third-order valence-corrected chi connectivity index (χ3v) is 5.68. The van der Waals surface area contributed by atoms with Crippen molar-refractivity contribution >= 4 is 47.1 Å². The van der Waals surface area contributed by atoms with Crippen molar-refractivity contribution in [2.45, 2.75) is 18.7 Å². The van der Waals surface area contributed by atoms with Crippen molar-refractivity contribution in [3.8, 4) is 5.69 Å². The summed E-state index contributed by atoms with van der Waals surface area (Å²) < 4.78 is 2.03. The summed E-state index contributed by atoms with van der Waals surface area (Å²) >= 11 is 13.8. The minimum atomic E-state index is -0.153. The Kier molecular flexibility index (Phi) is 6.83. The summed E-state index contributed by atoms with van der Waals surface area (Å²) in [6.45, 7) is 3.97. The van der Waals surface area contributed by atoms with E-state index in [2.05, 4.69) is 10.5 Å². The fraction of sp³-hybridized carbons (Fsp3) is 0.143. The molecule has 2 aromatic carbocycles. The molecule has 0 unspecified atom stereocenters. The lowest BCUT2D eigenvalue weighted by atomic mass is 10.2. The van der Waals surface area contributed by atoms with Crippen LogP contribution in [0.1, 0.15) is 17.0 Å². The molecule has 3 rings (SSSR count). The lowest BCUT2D eigenvalue weighted by molar-refractivity contribution is -0.118. The van der Waals surface area contributed by atoms with Crippen molar-refractivity contribution in [2.75, 3.05) is 5.75 Å². The van der Waals surface area contributed by atoms with Crippen LogP contribution in [0, 0.1) is 13.8 Å². The number of amides is 1. The van der Waals surface area contributed by atoms with Crippen LogP contribution in [-0.4, -0.2) is 22.4 Å². The van der Waals surface area contributed by atoms with Crippen LogP contribution in [0.25, 0.3) is 5.69 Å². The second-order valence-corrected chi connectivity index (χ2v) is 8.04. The van der Waals surface area contributed by atoms with Gasteiger partial charge in [-0.25, -0.2) is 5.43 Å². The monoisotopic (exact) mass is 431 g/mol. The van der Waals surface area contributed by atoms with E-state index in [4.69, 9.17) is 23.2 Å². The zero-order valence-electron chi connectivity index (χ0n) is 15.4. The molecule has 0 saturated carbocycles. The van der Waals surface area contributed by atoms with E-state index in [0.29, 0.717) is 15.8 Å². The summed E-state index contributed by atoms with van der Waals surface area (Å²) in [5.41, 5.74) is 6.31. The molecule has 144 valence electrons. The van der Waals surface area contributed by atoms with Gasteiger partial charge in [0, 0.05) is 26.9 Å². The number of hydrogen-bond acceptors (Lipinski definition) is 3. The third-order valence-electron chi connectivity index (χ3n) is 4.13. The molecule has 1 heterocycles. The van der Waals surface area contributed by atoms with Gasteiger partial charge in [-0.2, -0.15) is 5.10 Å². The van der Waals surface area contributed by atoms with E-state index in [-0.39, 0.29) is 5.91 Å². The first-order valence-corrected chi connectivity index (χ1v) is 10.3. The van der Waals surface area contributed by atoms with Gasteiger partial charge < -0.3 is 4.57 Å². The summed E-state index contributed by atoms with van der Waals surface area (Å²) in [7, 11) is 0. The lowest BCUT2D eigenvalue weighted by Gasteiger charge is -2.11. The maximum absolute atomic E-state index is 12.0. The second kappa shape index (κ2) is 9.32. The maximum atomic E-state index is 12.0. The summed E-state index contributed by atoms with van der Waals surface area (Å²) in [6, 6.07) is 17.2. The summed E-state index contributed by atoms with van der Waals surface area (Å²) in [6.07, 6.45) is 1.65. The molecule has 4 nitrogen and oxygen atoms in total. The van der Waals surface area contributed by atoms with Crippen LogP contribution in [0.3, 0.4) is 0 Å². The largest absolute Gasteiger partial charge is 0.316 e. The van der Waals surface area contributed by atoms with Crippen LogP contribution in [0.15, 0.2) is 64.6 Å². The Morgan fingerprint density at radius 2 is 1.89 bits per heavy atom. The van der Waals surface area contributed by atoms with Gasteiger partial charge in [0.1, 0.15) is 0 Å². The van der Waals surface area contributed by atoms with Gasteiger partial charge in [-0.3, -0.25) is 4.79 Å². The minimum absolute atomic E-state index is 0.153. The highest BCUT2D eigenvalue weighted by Gasteiger charge is 2.12. The first-order chi connectivity index (χ1) is 13.5. The average molecular weight is 432 g/mol. The predicted octanol–water partition coefficient (Wildman–Crippen LogP) is 5.64. The summed E-state index contributed by atoms with van der Waals surface area (Å²) in [5.74, 6) is 0.153. The molecule has 0 aliphatic carbocycles. The first kappa shape index (κ1) is 20.5. The maximum Gasteiger partial charge on any atom is 0.250 e. The van der Waals surface area contributed by atoms with E-state index in [1.54, 1.807) is 18.3 Å². The van der Waals surface area contributed by atoms with E-state index in [9.17, 15) is 4.79 Å². The zero-order chi connectivity index (χ0) is 20.1. The SMILES string of the molecule is Cc1cc(/C=N\NC(=O)CSc2ccccc2)c(C)n1-c1ccc(Cl)cc1Cl. The van der Waals surface area contributed by atoms with Crippen molar-refractivity contribution in [2.24, 2.45) is 5.10 Å². The van der Waals surface area contributed by atoms with Crippen LogP contribution >= 0.6 is 35.0 Å². The minimum Gasteiger partial charge on any atom is -0.316 e. The lowest BCUT2D eigenvalue weighted by Crippen LogP contribution is -2.19. The summed E-state index contributed by atoms with van der Waals surface area (Å²) in [4.78, 5) is 13.0. The Balaban J connectivity index is 1.67. The van der Waals surface area contributed by atoms with Gasteiger partial charge in [0.2, 0.25) is 5.91 Å². The highest BCUT2D eigenvalue weighted by molar-refractivity contribution is 8.00. The van der Waals surface area contributed by atoms with Crippen LogP contribution in [0.4, 0.5) is 0 Å². The molecule has 1 aromatic heterocycles. The van der Waals surface area contributed by atoms with E-state index in [1.165, 1.54) is 11.8 Å². The molecule has 1 amide bonds. The van der Waals surface area contributed by atoms with E-state index in [0.717, 1.165) is 27.5 Å². The fourth-order valence-corrected chi connectivity index (χ4v) is 4.03. The molecule has 1 N–H and O–H groups in total. The van der Waals surface area contributed by atoms with E-state index < -0.39 is 0 Å². The normalized spacial score (nSPS) is 11.1. The topological polar surface area (TPSA) is 46.4 Å². The number of carbonyl (C=O) groups excluding carboxylic acids is 1. The highest BCUT2D eigenvalue weighted by atomic mass is 35.5. The molecule has 7 heteroatoms. The molecule has 0 fully saturated rings. The molecule has 28 heavy (non-hydrogen) atoms. The van der Waals surface area contributed by atoms with Crippen molar-refractivity contribution in [3.05, 3.63) is 81.6 Å². The second-order valence-electron chi connectivity index (χ2n) is 6.15. The number of carbonyl (C=O) groups is 1. The molecule has 0 aliphatic heterocycles. The predicted molar refractivity (Wildman–Crippen MR) is 118 cm³/mol. The van der Waals surface area contributed by atoms with Crippen LogP contribution in [-0.2, 0) is 4.79 Å². The first-order valence-electron chi connectivity index (χ1n) is 8.60. The number of halogens is 2. The van der Waals surface area contributed by atoms with Gasteiger partial charge in [-0.1, -0.05) is 41.4 Å². The number of aryl methyl sites for hydroxylation is 1. The third kappa shape index (κ3) is 4.98. The van der Waals surface area contributed by atoms with E-state index in [1.807, 2.05) is 60.9 Å². The van der Waals surface area contributed by atoms with Gasteiger partial charge in [0.15, 0.2) is 0 Å². The Labute approximate surface area is 178 Å². The van der Waals surface area contributed by atoms with Crippen LogP contribution < -0.4 is 5.43 Å². The Hall–Kier alpha value is -2.21. The number of hydrogen-bond donors (Lipinski definition) is 1. The number of aromatic nitrogens is 1. The molecule has 0 spiro atoms. The molecule has 0 atom stereocenters. The highest BCUT2D eigenvalue weighted by Crippen LogP contribution is 2.28. The van der Waals surface area contributed by atoms with Crippen molar-refractivity contribution in [1.29, 1.82) is 0 Å². The number of thioether (sulfide) groups is 1. The molecule has 0 aliphatic rings. The quantitative estimate of drug-likeness (QED) is 0.311. The van der Waals surface area contributed by atoms with Crippen molar-refractivity contribution < 1.29 is 4.79 Å². The zero-order valence-corrected chi connectivity index (χ0v) is 17.8. The van der Waals surface area contributed by atoms with Gasteiger partial charge >= 0.3 is 0 Å². The number of benzene rings is 2. The average Bonchev–Trinajstić information content (AvgIpc) is 2.95. The van der Waals surface area contributed by atoms with Crippen molar-refractivity contribution in [3.63, 3.8) is 0 Å². The van der Waals surface area contributed by atoms with E-state index >= 15 is 0 Å². The van der Waals surface area contributed by atoms with Gasteiger partial charge in [-0.15, -0.1) is 11.8 Å². The smallest absolute Gasteiger partial charge is 0.250 e. The van der Waals surface area contributed by atoms with Crippen LogP contribution in [0.2, 0.25) is 10.0 Å². The molecular weight excluding hydrogens is 413 g/mol. The Bertz CT molecular complexity index is 1020. The Morgan fingerprint density at radius 3 is 2.61 bits per heavy atom. The van der Waals surface area contributed by atoms with Gasteiger partial charge in [-0.05, 0) is 50.2 Å². The summed E-state index contributed by atoms with van der Waals surface area (Å²) in [5, 5.41) is 5.26. The molecule has 0 radical (unpaired) electrons. The molecule has 0 saturated heterocycles. The van der Waals surface area contributed by atoms with Gasteiger partial charge in [0.05, 0.1) is 22.7 Å². The standard InChI is InChI=1S/C21H19Cl2N3OS/c1-14-10-16(15(2)26(14)20-9-8-17(22)11-19(20)23)12-24-25-21(27)13-28-18-6-4-3-5-7-18/h3-12H,13H2,1-2H3,(H,25,27)/b24-12-.